The van der Waals surface area contributed by atoms with Gasteiger partial charge in [-0.1, -0.05) is 34.8 Å². The van der Waals surface area contributed by atoms with E-state index in [4.69, 9.17) is 40.5 Å². The molecule has 3 aromatic heterocycles. The molecule has 2 aromatic carbocycles. The Kier molecular flexibility index (Phi) is 8.00. The number of nitrogen functional groups attached to an aromatic ring is 1. The molecule has 0 aliphatic heterocycles. The molecular weight excluding hydrogens is 521 g/mol. The lowest BCUT2D eigenvalue weighted by Gasteiger charge is -2.10. The number of pyridine rings is 1. The highest BCUT2D eigenvalue weighted by molar-refractivity contribution is 6.36. The molecule has 0 bridgehead atoms. The Morgan fingerprint density at radius 3 is 2.44 bits per heavy atom. The summed E-state index contributed by atoms with van der Waals surface area (Å²) < 4.78 is 1.86. The third-order valence-corrected chi connectivity index (χ3v) is 5.79. The van der Waals surface area contributed by atoms with Crippen LogP contribution in [0.25, 0.3) is 28.2 Å². The van der Waals surface area contributed by atoms with Gasteiger partial charge < -0.3 is 11.1 Å². The Hall–Kier alpha value is -3.72. The second kappa shape index (κ2) is 11.3. The van der Waals surface area contributed by atoms with E-state index in [1.54, 1.807) is 48.8 Å². The fraction of sp³-hybridized carbons (Fsp3) is 0.0800. The molecule has 0 saturated carbocycles. The maximum absolute atomic E-state index is 11.1. The lowest BCUT2D eigenvalue weighted by Crippen LogP contribution is -2.22. The standard InChI is InChI=1S/C17H10Cl3N5.C8H10N2O/c18-9-1-4-11(5-2-9)25-16(12-6-3-10(19)7-13(12)20)24-14-15(21)22-8-23-17(14)25;1-2-10-8(11)7-4-3-5-9-6-7/h1-8H,(H2,21,22,23);3-6H,2H2,1H3,(H,10,11). The zero-order valence-corrected chi connectivity index (χ0v) is 21.3. The third-order valence-electron chi connectivity index (χ3n) is 4.99. The van der Waals surface area contributed by atoms with Crippen LogP contribution >= 0.6 is 34.8 Å². The van der Waals surface area contributed by atoms with Crippen molar-refractivity contribution in [1.82, 2.24) is 29.8 Å². The largest absolute Gasteiger partial charge is 0.382 e. The minimum atomic E-state index is -0.0689. The molecule has 8 nitrogen and oxygen atoms in total. The number of imidazole rings is 1. The van der Waals surface area contributed by atoms with Crippen LogP contribution in [-0.2, 0) is 0 Å². The summed E-state index contributed by atoms with van der Waals surface area (Å²) in [6.45, 7) is 2.53. The van der Waals surface area contributed by atoms with Crippen molar-refractivity contribution in [1.29, 1.82) is 0 Å². The monoisotopic (exact) mass is 539 g/mol. The first-order chi connectivity index (χ1) is 17.4. The van der Waals surface area contributed by atoms with Gasteiger partial charge in [-0.2, -0.15) is 0 Å². The fourth-order valence-electron chi connectivity index (χ4n) is 3.36. The van der Waals surface area contributed by atoms with Crippen LogP contribution in [0.5, 0.6) is 0 Å². The first-order valence-corrected chi connectivity index (χ1v) is 11.9. The highest BCUT2D eigenvalue weighted by Gasteiger charge is 2.19. The average molecular weight is 541 g/mol. The molecule has 0 atom stereocenters. The first-order valence-electron chi connectivity index (χ1n) is 10.8. The van der Waals surface area contributed by atoms with Gasteiger partial charge in [0.15, 0.2) is 17.0 Å². The molecule has 0 spiro atoms. The summed E-state index contributed by atoms with van der Waals surface area (Å²) in [5, 5.41) is 4.34. The van der Waals surface area contributed by atoms with Crippen molar-refractivity contribution in [3.63, 3.8) is 0 Å². The normalized spacial score (nSPS) is 10.6. The molecule has 36 heavy (non-hydrogen) atoms. The SMILES string of the molecule is CCNC(=O)c1cccnc1.Nc1ncnc2c1nc(-c1ccc(Cl)cc1Cl)n2-c1ccc(Cl)cc1. The van der Waals surface area contributed by atoms with Crippen molar-refractivity contribution >= 4 is 57.7 Å². The Morgan fingerprint density at radius 2 is 1.78 bits per heavy atom. The van der Waals surface area contributed by atoms with E-state index in [0.717, 1.165) is 5.69 Å². The third kappa shape index (κ3) is 5.57. The van der Waals surface area contributed by atoms with Gasteiger partial charge in [-0.3, -0.25) is 14.3 Å². The first kappa shape index (κ1) is 25.4. The summed E-state index contributed by atoms with van der Waals surface area (Å²) in [4.78, 5) is 27.9. The number of amides is 1. The van der Waals surface area contributed by atoms with E-state index in [1.807, 2.05) is 29.7 Å². The number of rotatable bonds is 4. The number of benzene rings is 2. The van der Waals surface area contributed by atoms with E-state index in [1.165, 1.54) is 6.33 Å². The number of nitrogens with two attached hydrogens (primary N) is 1. The zero-order chi connectivity index (χ0) is 25.7. The van der Waals surface area contributed by atoms with Gasteiger partial charge >= 0.3 is 0 Å². The Morgan fingerprint density at radius 1 is 1.03 bits per heavy atom. The number of carbonyl (C=O) groups is 1. The maximum Gasteiger partial charge on any atom is 0.252 e. The lowest BCUT2D eigenvalue weighted by atomic mass is 10.2. The van der Waals surface area contributed by atoms with Crippen molar-refractivity contribution in [3.8, 4) is 17.1 Å². The molecule has 182 valence electrons. The highest BCUT2D eigenvalue weighted by Crippen LogP contribution is 2.34. The van der Waals surface area contributed by atoms with Crippen molar-refractivity contribution in [3.05, 3.63) is 93.9 Å². The summed E-state index contributed by atoms with van der Waals surface area (Å²) >= 11 is 18.4. The molecule has 1 amide bonds. The predicted octanol–water partition coefficient (Wildman–Crippen LogP) is 5.86. The molecule has 3 heterocycles. The quantitative estimate of drug-likeness (QED) is 0.295. The number of halogens is 3. The number of hydrogen-bond donors (Lipinski definition) is 2. The van der Waals surface area contributed by atoms with Crippen molar-refractivity contribution in [2.24, 2.45) is 0 Å². The van der Waals surface area contributed by atoms with Gasteiger partial charge in [0.1, 0.15) is 12.2 Å². The number of nitrogens with one attached hydrogen (secondary N) is 1. The van der Waals surface area contributed by atoms with Crippen LogP contribution in [0.3, 0.4) is 0 Å². The summed E-state index contributed by atoms with van der Waals surface area (Å²) in [6.07, 6.45) is 4.59. The van der Waals surface area contributed by atoms with Gasteiger partial charge in [-0.05, 0) is 61.5 Å². The van der Waals surface area contributed by atoms with Crippen LogP contribution in [0.4, 0.5) is 5.82 Å². The smallest absolute Gasteiger partial charge is 0.252 e. The molecule has 5 aromatic rings. The van der Waals surface area contributed by atoms with Crippen LogP contribution in [-0.4, -0.2) is 37.0 Å². The van der Waals surface area contributed by atoms with E-state index in [2.05, 4.69) is 25.3 Å². The Labute approximate surface area is 222 Å². The number of aromatic nitrogens is 5. The highest BCUT2D eigenvalue weighted by atomic mass is 35.5. The van der Waals surface area contributed by atoms with Crippen molar-refractivity contribution in [2.45, 2.75) is 6.92 Å². The van der Waals surface area contributed by atoms with Gasteiger partial charge in [-0.25, -0.2) is 15.0 Å². The van der Waals surface area contributed by atoms with Crippen LogP contribution < -0.4 is 11.1 Å². The average Bonchev–Trinajstić information content (AvgIpc) is 3.26. The number of carbonyl (C=O) groups excluding carboxylic acids is 1. The second-order valence-electron chi connectivity index (χ2n) is 7.40. The minimum Gasteiger partial charge on any atom is -0.382 e. The number of fused-ring (bicyclic) bond motifs is 1. The molecule has 0 fully saturated rings. The Bertz CT molecular complexity index is 1510. The van der Waals surface area contributed by atoms with Gasteiger partial charge in [-0.15, -0.1) is 0 Å². The number of hydrogen-bond acceptors (Lipinski definition) is 6. The summed E-state index contributed by atoms with van der Waals surface area (Å²) in [7, 11) is 0. The van der Waals surface area contributed by atoms with Crippen LogP contribution in [0.2, 0.25) is 15.1 Å². The number of nitrogens with zero attached hydrogens (tertiary/aromatic N) is 5. The molecule has 0 aliphatic carbocycles. The van der Waals surface area contributed by atoms with Crippen molar-refractivity contribution in [2.75, 3.05) is 12.3 Å². The Balaban J connectivity index is 0.000000233. The molecule has 0 unspecified atom stereocenters. The molecule has 0 saturated heterocycles. The van der Waals surface area contributed by atoms with Gasteiger partial charge in [0.2, 0.25) is 0 Å². The predicted molar refractivity (Wildman–Crippen MR) is 144 cm³/mol. The van der Waals surface area contributed by atoms with Crippen molar-refractivity contribution < 1.29 is 4.79 Å². The fourth-order valence-corrected chi connectivity index (χ4v) is 3.97. The van der Waals surface area contributed by atoms with E-state index < -0.39 is 0 Å². The lowest BCUT2D eigenvalue weighted by molar-refractivity contribution is 0.0955. The molecular formula is C25H20Cl3N7O. The van der Waals surface area contributed by atoms with E-state index in [-0.39, 0.29) is 5.91 Å². The zero-order valence-electron chi connectivity index (χ0n) is 19.0. The summed E-state index contributed by atoms with van der Waals surface area (Å²) in [5.74, 6) is 0.816. The van der Waals surface area contributed by atoms with Crippen LogP contribution in [0.15, 0.2) is 73.3 Å². The van der Waals surface area contributed by atoms with Crippen LogP contribution in [0.1, 0.15) is 17.3 Å². The van der Waals surface area contributed by atoms with E-state index in [0.29, 0.717) is 55.5 Å². The summed E-state index contributed by atoms with van der Waals surface area (Å²) in [6, 6.07) is 16.0. The topological polar surface area (TPSA) is 112 Å². The van der Waals surface area contributed by atoms with Gasteiger partial charge in [0.25, 0.3) is 5.91 Å². The van der Waals surface area contributed by atoms with Gasteiger partial charge in [0, 0.05) is 40.2 Å². The summed E-state index contributed by atoms with van der Waals surface area (Å²) in [5.41, 5.74) is 9.19. The molecule has 0 radical (unpaired) electrons. The van der Waals surface area contributed by atoms with E-state index in [9.17, 15) is 4.79 Å². The molecule has 0 aliphatic rings. The van der Waals surface area contributed by atoms with E-state index >= 15 is 0 Å². The molecule has 5 rings (SSSR count). The molecule has 11 heteroatoms. The van der Waals surface area contributed by atoms with Gasteiger partial charge in [0.05, 0.1) is 10.6 Å². The number of anilines is 1. The van der Waals surface area contributed by atoms with Crippen LogP contribution in [0, 0.1) is 0 Å². The second-order valence-corrected chi connectivity index (χ2v) is 8.68. The molecule has 3 N–H and O–H groups in total. The minimum absolute atomic E-state index is 0.0689. The maximum atomic E-state index is 11.1.